The van der Waals surface area contributed by atoms with E-state index in [2.05, 4.69) is 43.5 Å². The van der Waals surface area contributed by atoms with Crippen LogP contribution in [0.15, 0.2) is 43.0 Å². The van der Waals surface area contributed by atoms with Crippen LogP contribution in [-0.4, -0.2) is 68.0 Å². The zero-order chi connectivity index (χ0) is 26.2. The second kappa shape index (κ2) is 10.4. The van der Waals surface area contributed by atoms with Gasteiger partial charge >= 0.3 is 0 Å². The summed E-state index contributed by atoms with van der Waals surface area (Å²) in [7, 11) is 0. The molecule has 0 bridgehead atoms. The highest BCUT2D eigenvalue weighted by molar-refractivity contribution is 5.97. The van der Waals surface area contributed by atoms with Gasteiger partial charge in [0.2, 0.25) is 5.91 Å². The van der Waals surface area contributed by atoms with Gasteiger partial charge in [-0.05, 0) is 43.4 Å². The molecule has 2 aliphatic rings. The number of nitrogens with one attached hydrogen (secondary N) is 2. The molecule has 38 heavy (non-hydrogen) atoms. The number of nitrogens with zero attached hydrogens (tertiary/aromatic N) is 5. The zero-order valence-corrected chi connectivity index (χ0v) is 22.0. The molecule has 1 aliphatic carbocycles. The maximum Gasteiger partial charge on any atom is 0.228 e. The Morgan fingerprint density at radius 3 is 2.79 bits per heavy atom. The number of imidazole rings is 1. The van der Waals surface area contributed by atoms with Crippen LogP contribution in [0.4, 0.5) is 5.82 Å². The Balaban J connectivity index is 1.23. The Kier molecular flexibility index (Phi) is 6.82. The monoisotopic (exact) mass is 513 g/mol. The van der Waals surface area contributed by atoms with Crippen LogP contribution in [0.2, 0.25) is 0 Å². The molecule has 3 N–H and O–H groups in total. The van der Waals surface area contributed by atoms with Crippen molar-refractivity contribution in [2.45, 2.75) is 39.2 Å². The van der Waals surface area contributed by atoms with Gasteiger partial charge in [-0.2, -0.15) is 0 Å². The van der Waals surface area contributed by atoms with Crippen LogP contribution >= 0.6 is 0 Å². The molecule has 1 saturated carbocycles. The summed E-state index contributed by atoms with van der Waals surface area (Å²) in [6.45, 7) is 9.25. The number of hydrogen-bond donors (Lipinski definition) is 3. The van der Waals surface area contributed by atoms with Gasteiger partial charge in [0.25, 0.3) is 0 Å². The zero-order valence-electron chi connectivity index (χ0n) is 22.0. The van der Waals surface area contributed by atoms with Gasteiger partial charge in [-0.15, -0.1) is 0 Å². The second-order valence-corrected chi connectivity index (χ2v) is 10.7. The lowest BCUT2D eigenvalue weighted by Gasteiger charge is -2.27. The molecule has 5 heterocycles. The number of hydrogen-bond acceptors (Lipinski definition) is 7. The summed E-state index contributed by atoms with van der Waals surface area (Å²) in [4.78, 5) is 29.2. The number of aromatic nitrogens is 4. The summed E-state index contributed by atoms with van der Waals surface area (Å²) < 4.78 is 2.03. The summed E-state index contributed by atoms with van der Waals surface area (Å²) >= 11 is 0. The molecule has 198 valence electrons. The molecule has 0 spiro atoms. The lowest BCUT2D eigenvalue weighted by atomic mass is 10.00. The topological polar surface area (TPSA) is 108 Å². The van der Waals surface area contributed by atoms with Crippen LogP contribution < -0.4 is 10.6 Å². The molecule has 3 atom stereocenters. The van der Waals surface area contributed by atoms with Crippen LogP contribution in [0.5, 0.6) is 0 Å². The number of aliphatic hydroxyl groups is 1. The third-order valence-corrected chi connectivity index (χ3v) is 7.89. The first-order valence-electron chi connectivity index (χ1n) is 13.7. The highest BCUT2D eigenvalue weighted by atomic mass is 16.3. The number of carbonyl (C=O) groups excluding carboxylic acids is 1. The van der Waals surface area contributed by atoms with Gasteiger partial charge in [0.05, 0.1) is 17.3 Å². The molecule has 0 radical (unpaired) electrons. The maximum absolute atomic E-state index is 12.9. The highest BCUT2D eigenvalue weighted by Crippen LogP contribution is 2.40. The van der Waals surface area contributed by atoms with Crippen LogP contribution in [0.3, 0.4) is 0 Å². The van der Waals surface area contributed by atoms with Crippen molar-refractivity contribution in [1.29, 1.82) is 0 Å². The third kappa shape index (κ3) is 4.89. The van der Waals surface area contributed by atoms with Crippen LogP contribution in [0.25, 0.3) is 27.7 Å². The number of carbonyl (C=O) groups is 1. The molecule has 1 saturated heterocycles. The molecule has 4 aromatic heterocycles. The van der Waals surface area contributed by atoms with Crippen molar-refractivity contribution in [3.63, 3.8) is 0 Å². The summed E-state index contributed by atoms with van der Waals surface area (Å²) in [6, 6.07) is 5.96. The fourth-order valence-corrected chi connectivity index (χ4v) is 5.64. The quantitative estimate of drug-likeness (QED) is 0.331. The van der Waals surface area contributed by atoms with E-state index in [0.717, 1.165) is 78.8 Å². The average molecular weight is 514 g/mol. The van der Waals surface area contributed by atoms with E-state index in [1.54, 1.807) is 12.4 Å². The molecule has 6 rings (SSSR count). The van der Waals surface area contributed by atoms with Crippen LogP contribution in [0.1, 0.15) is 43.5 Å². The van der Waals surface area contributed by atoms with E-state index in [4.69, 9.17) is 0 Å². The van der Waals surface area contributed by atoms with Crippen molar-refractivity contribution in [3.8, 4) is 11.1 Å². The van der Waals surface area contributed by atoms with Gasteiger partial charge in [-0.3, -0.25) is 14.2 Å². The minimum absolute atomic E-state index is 0.0579. The van der Waals surface area contributed by atoms with Crippen molar-refractivity contribution in [2.75, 3.05) is 38.0 Å². The van der Waals surface area contributed by atoms with Crippen molar-refractivity contribution in [1.82, 2.24) is 29.6 Å². The SMILES string of the molecule is CCC[C@@H](O)c1cc(C)c(-c2cc3cnc(NC(=O)[C@@H]4C[C@H]4CN4CCNCC4)cc3n3ccnc23)cn1. The second-order valence-electron chi connectivity index (χ2n) is 10.7. The van der Waals surface area contributed by atoms with E-state index in [1.165, 1.54) is 0 Å². The summed E-state index contributed by atoms with van der Waals surface area (Å²) in [5.74, 6) is 1.11. The highest BCUT2D eigenvalue weighted by Gasteiger charge is 2.43. The number of aliphatic hydroxyl groups excluding tert-OH is 1. The number of aryl methyl sites for hydroxylation is 1. The lowest BCUT2D eigenvalue weighted by molar-refractivity contribution is -0.117. The van der Waals surface area contributed by atoms with E-state index in [0.29, 0.717) is 23.9 Å². The van der Waals surface area contributed by atoms with Crippen molar-refractivity contribution >= 4 is 28.3 Å². The van der Waals surface area contributed by atoms with E-state index in [9.17, 15) is 9.90 Å². The molecule has 4 aromatic rings. The maximum atomic E-state index is 12.9. The molecule has 9 nitrogen and oxygen atoms in total. The Labute approximate surface area is 222 Å². The Bertz CT molecular complexity index is 1480. The summed E-state index contributed by atoms with van der Waals surface area (Å²) in [6.07, 6.45) is 9.32. The summed E-state index contributed by atoms with van der Waals surface area (Å²) in [5.41, 5.74) is 5.40. The first kappa shape index (κ1) is 24.9. The van der Waals surface area contributed by atoms with E-state index < -0.39 is 6.10 Å². The molecular weight excluding hydrogens is 478 g/mol. The molecule has 0 aromatic carbocycles. The van der Waals surface area contributed by atoms with Crippen molar-refractivity contribution in [3.05, 3.63) is 54.2 Å². The fourth-order valence-electron chi connectivity index (χ4n) is 5.64. The van der Waals surface area contributed by atoms with Gasteiger partial charge in [0.1, 0.15) is 11.5 Å². The largest absolute Gasteiger partial charge is 0.387 e. The number of rotatable bonds is 8. The minimum Gasteiger partial charge on any atom is -0.387 e. The molecular formula is C29H35N7O2. The summed E-state index contributed by atoms with van der Waals surface area (Å²) in [5, 5.41) is 17.8. The molecule has 1 amide bonds. The fraction of sp³-hybridized carbons (Fsp3) is 0.448. The Morgan fingerprint density at radius 1 is 1.16 bits per heavy atom. The Hall–Kier alpha value is -3.40. The number of pyridine rings is 3. The number of amides is 1. The van der Waals surface area contributed by atoms with Crippen molar-refractivity contribution < 1.29 is 9.90 Å². The van der Waals surface area contributed by atoms with Crippen LogP contribution in [-0.2, 0) is 4.79 Å². The average Bonchev–Trinajstić information content (AvgIpc) is 3.51. The van der Waals surface area contributed by atoms with E-state index in [1.807, 2.05) is 35.9 Å². The number of anilines is 1. The number of fused-ring (bicyclic) bond motifs is 3. The predicted octanol–water partition coefficient (Wildman–Crippen LogP) is 3.57. The van der Waals surface area contributed by atoms with Gasteiger partial charge < -0.3 is 20.6 Å². The molecule has 1 aliphatic heterocycles. The lowest BCUT2D eigenvalue weighted by Crippen LogP contribution is -2.44. The number of piperazine rings is 1. The van der Waals surface area contributed by atoms with Gasteiger partial charge in [0, 0.05) is 86.0 Å². The normalized spacial score (nSPS) is 20.6. The third-order valence-electron chi connectivity index (χ3n) is 7.89. The predicted molar refractivity (Wildman–Crippen MR) is 148 cm³/mol. The molecule has 2 fully saturated rings. The molecule has 9 heteroatoms. The van der Waals surface area contributed by atoms with Gasteiger partial charge in [-0.1, -0.05) is 13.3 Å². The first-order chi connectivity index (χ1) is 18.5. The van der Waals surface area contributed by atoms with E-state index in [-0.39, 0.29) is 11.8 Å². The molecule has 0 unspecified atom stereocenters. The minimum atomic E-state index is -0.554. The Morgan fingerprint density at radius 2 is 2.00 bits per heavy atom. The van der Waals surface area contributed by atoms with Gasteiger partial charge in [-0.25, -0.2) is 9.97 Å². The van der Waals surface area contributed by atoms with Crippen LogP contribution in [0, 0.1) is 18.8 Å². The van der Waals surface area contributed by atoms with E-state index >= 15 is 0 Å². The smallest absolute Gasteiger partial charge is 0.228 e. The standard InChI is InChI=1S/C29H35N7O2/c1-3-4-26(37)24-11-18(2)23(16-32-24)22-12-19-15-33-27(14-25(19)36-10-7-31-28(22)36)34-29(38)21-13-20(21)17-35-8-5-30-6-9-35/h7,10-12,14-16,20-21,26,30,37H,3-6,8-9,13,17H2,1-2H3,(H,33,34,38)/t20-,21+,26+/m0/s1. The first-order valence-corrected chi connectivity index (χ1v) is 13.7. The van der Waals surface area contributed by atoms with Gasteiger partial charge in [0.15, 0.2) is 0 Å². The van der Waals surface area contributed by atoms with Crippen molar-refractivity contribution in [2.24, 2.45) is 11.8 Å².